The highest BCUT2D eigenvalue weighted by Gasteiger charge is 2.42. The molecule has 4 rings (SSSR count). The summed E-state index contributed by atoms with van der Waals surface area (Å²) >= 11 is 0. The van der Waals surface area contributed by atoms with Gasteiger partial charge >= 0.3 is 0 Å². The van der Waals surface area contributed by atoms with Crippen LogP contribution in [0.5, 0.6) is 0 Å². The van der Waals surface area contributed by atoms with E-state index in [-0.39, 0.29) is 0 Å². The maximum Gasteiger partial charge on any atom is 0.0110 e. The first-order chi connectivity index (χ1) is 9.92. The maximum atomic E-state index is 4.03. The molecule has 20 heavy (non-hydrogen) atoms. The van der Waals surface area contributed by atoms with Gasteiger partial charge in [0.05, 0.1) is 0 Å². The molecule has 1 aliphatic heterocycles. The summed E-state index contributed by atoms with van der Waals surface area (Å²) in [6, 6.07) is 1.65. The first-order valence-corrected chi connectivity index (χ1v) is 9.38. The van der Waals surface area contributed by atoms with Gasteiger partial charge in [0.1, 0.15) is 0 Å². The number of hydrogen-bond acceptors (Lipinski definition) is 2. The van der Waals surface area contributed by atoms with E-state index in [4.69, 9.17) is 0 Å². The average Bonchev–Trinajstić information content (AvgIpc) is 3.40. The third-order valence-electron chi connectivity index (χ3n) is 6.51. The summed E-state index contributed by atoms with van der Waals surface area (Å²) in [5.74, 6) is 4.16. The summed E-state index contributed by atoms with van der Waals surface area (Å²) in [5.41, 5.74) is 0. The lowest BCUT2D eigenvalue weighted by atomic mass is 9.87. The summed E-state index contributed by atoms with van der Waals surface area (Å²) in [4.78, 5) is 0. The van der Waals surface area contributed by atoms with Crippen molar-refractivity contribution >= 4 is 0 Å². The minimum Gasteiger partial charge on any atom is -0.314 e. The molecule has 0 aromatic heterocycles. The second kappa shape index (κ2) is 5.96. The summed E-state index contributed by atoms with van der Waals surface area (Å²) in [5, 5.41) is 7.84. The molecule has 3 atom stereocenters. The van der Waals surface area contributed by atoms with Gasteiger partial charge in [-0.25, -0.2) is 0 Å². The molecule has 3 saturated carbocycles. The molecule has 2 nitrogen and oxygen atoms in total. The number of nitrogens with one attached hydrogen (secondary N) is 2. The first kappa shape index (κ1) is 13.6. The lowest BCUT2D eigenvalue weighted by Gasteiger charge is -2.34. The summed E-state index contributed by atoms with van der Waals surface area (Å²) < 4.78 is 0. The van der Waals surface area contributed by atoms with Gasteiger partial charge in [0.15, 0.2) is 0 Å². The predicted octanol–water partition coefficient (Wildman–Crippen LogP) is 3.32. The number of hydrogen-bond donors (Lipinski definition) is 2. The Morgan fingerprint density at radius 3 is 2.30 bits per heavy atom. The van der Waals surface area contributed by atoms with E-state index in [9.17, 15) is 0 Å². The fourth-order valence-electron chi connectivity index (χ4n) is 5.02. The van der Waals surface area contributed by atoms with Crippen molar-refractivity contribution in [1.29, 1.82) is 0 Å². The predicted molar refractivity (Wildman–Crippen MR) is 83.7 cm³/mol. The van der Waals surface area contributed by atoms with E-state index in [2.05, 4.69) is 10.6 Å². The summed E-state index contributed by atoms with van der Waals surface area (Å²) in [6.07, 6.45) is 14.7. The zero-order valence-electron chi connectivity index (χ0n) is 12.9. The largest absolute Gasteiger partial charge is 0.314 e. The van der Waals surface area contributed by atoms with Crippen molar-refractivity contribution in [3.05, 3.63) is 0 Å². The minimum atomic E-state index is 0.823. The third kappa shape index (κ3) is 3.06. The molecule has 0 aromatic carbocycles. The van der Waals surface area contributed by atoms with E-state index >= 15 is 0 Å². The van der Waals surface area contributed by atoms with Crippen LogP contribution in [0, 0.1) is 23.7 Å². The molecule has 0 bridgehead atoms. The number of piperidine rings is 1. The van der Waals surface area contributed by atoms with Crippen molar-refractivity contribution in [2.24, 2.45) is 23.7 Å². The van der Waals surface area contributed by atoms with Crippen LogP contribution in [0.4, 0.5) is 0 Å². The monoisotopic (exact) mass is 276 g/mol. The second-order valence-corrected chi connectivity index (χ2v) is 8.00. The van der Waals surface area contributed by atoms with Gasteiger partial charge < -0.3 is 10.6 Å². The van der Waals surface area contributed by atoms with Gasteiger partial charge in [0.2, 0.25) is 0 Å². The highest BCUT2D eigenvalue weighted by molar-refractivity contribution is 4.96. The Labute approximate surface area is 124 Å². The molecule has 0 aromatic rings. The minimum absolute atomic E-state index is 0.823. The molecule has 1 saturated heterocycles. The molecular weight excluding hydrogens is 244 g/mol. The van der Waals surface area contributed by atoms with Crippen molar-refractivity contribution in [1.82, 2.24) is 10.6 Å². The van der Waals surface area contributed by atoms with E-state index in [0.29, 0.717) is 0 Å². The molecule has 114 valence electrons. The van der Waals surface area contributed by atoms with Crippen LogP contribution < -0.4 is 10.6 Å². The van der Waals surface area contributed by atoms with Gasteiger partial charge in [0, 0.05) is 12.1 Å². The van der Waals surface area contributed by atoms with Gasteiger partial charge in [-0.1, -0.05) is 12.8 Å². The molecule has 3 aliphatic carbocycles. The molecule has 0 radical (unpaired) electrons. The molecule has 4 fully saturated rings. The van der Waals surface area contributed by atoms with E-state index in [1.807, 2.05) is 0 Å². The van der Waals surface area contributed by atoms with Crippen molar-refractivity contribution in [3.63, 3.8) is 0 Å². The topological polar surface area (TPSA) is 24.1 Å². The van der Waals surface area contributed by atoms with E-state index < -0.39 is 0 Å². The molecule has 3 unspecified atom stereocenters. The normalized spacial score (nSPS) is 38.5. The standard InChI is InChI=1S/C18H32N2/c1-2-11-19-17(5-1)15-4-3-6-18(15)20-12-16(13-7-8-13)14-9-10-14/h13-20H,1-12H2. The summed E-state index contributed by atoms with van der Waals surface area (Å²) in [6.45, 7) is 2.60. The highest BCUT2D eigenvalue weighted by Crippen LogP contribution is 2.49. The molecule has 4 aliphatic rings. The Kier molecular flexibility index (Phi) is 4.05. The maximum absolute atomic E-state index is 4.03. The van der Waals surface area contributed by atoms with Gasteiger partial charge in [-0.15, -0.1) is 0 Å². The first-order valence-electron chi connectivity index (χ1n) is 9.38. The smallest absolute Gasteiger partial charge is 0.0110 e. The Balaban J connectivity index is 1.30. The van der Waals surface area contributed by atoms with Crippen LogP contribution in [-0.4, -0.2) is 25.2 Å². The lowest BCUT2D eigenvalue weighted by molar-refractivity contribution is 0.244. The zero-order valence-corrected chi connectivity index (χ0v) is 12.9. The Morgan fingerprint density at radius 2 is 1.65 bits per heavy atom. The van der Waals surface area contributed by atoms with Crippen LogP contribution in [-0.2, 0) is 0 Å². The van der Waals surface area contributed by atoms with Crippen LogP contribution in [0.3, 0.4) is 0 Å². The average molecular weight is 276 g/mol. The van der Waals surface area contributed by atoms with Crippen LogP contribution >= 0.6 is 0 Å². The van der Waals surface area contributed by atoms with Gasteiger partial charge in [-0.2, -0.15) is 0 Å². The molecule has 0 amide bonds. The van der Waals surface area contributed by atoms with Gasteiger partial charge in [0.25, 0.3) is 0 Å². The van der Waals surface area contributed by atoms with E-state index in [0.717, 1.165) is 35.8 Å². The quantitative estimate of drug-likeness (QED) is 0.777. The third-order valence-corrected chi connectivity index (χ3v) is 6.51. The molecule has 0 spiro atoms. The Morgan fingerprint density at radius 1 is 0.850 bits per heavy atom. The van der Waals surface area contributed by atoms with Crippen molar-refractivity contribution in [2.45, 2.75) is 76.3 Å². The second-order valence-electron chi connectivity index (χ2n) is 8.00. The fourth-order valence-corrected chi connectivity index (χ4v) is 5.02. The molecule has 2 N–H and O–H groups in total. The zero-order chi connectivity index (χ0) is 13.4. The van der Waals surface area contributed by atoms with Crippen molar-refractivity contribution in [2.75, 3.05) is 13.1 Å². The molecule has 1 heterocycles. The van der Waals surface area contributed by atoms with Crippen molar-refractivity contribution < 1.29 is 0 Å². The Hall–Kier alpha value is -0.0800. The SMILES string of the molecule is C1CCC(C2CCCC2NCC(C2CC2)C2CC2)NC1. The van der Waals surface area contributed by atoms with Gasteiger partial charge in [-0.3, -0.25) is 0 Å². The van der Waals surface area contributed by atoms with E-state index in [1.54, 1.807) is 0 Å². The van der Waals surface area contributed by atoms with Crippen LogP contribution in [0.1, 0.15) is 64.2 Å². The van der Waals surface area contributed by atoms with Crippen molar-refractivity contribution in [3.8, 4) is 0 Å². The van der Waals surface area contributed by atoms with Crippen LogP contribution in [0.25, 0.3) is 0 Å². The Bertz CT molecular complexity index is 303. The molecule has 2 heteroatoms. The highest BCUT2D eigenvalue weighted by atomic mass is 15.0. The fraction of sp³-hybridized carbons (Fsp3) is 1.00. The van der Waals surface area contributed by atoms with E-state index in [1.165, 1.54) is 77.3 Å². The lowest BCUT2D eigenvalue weighted by Crippen LogP contribution is -2.47. The van der Waals surface area contributed by atoms with Crippen LogP contribution in [0.2, 0.25) is 0 Å². The molecular formula is C18H32N2. The number of rotatable bonds is 6. The van der Waals surface area contributed by atoms with Gasteiger partial charge in [-0.05, 0) is 88.1 Å². The summed E-state index contributed by atoms with van der Waals surface area (Å²) in [7, 11) is 0. The van der Waals surface area contributed by atoms with Crippen LogP contribution in [0.15, 0.2) is 0 Å².